The second-order valence-electron chi connectivity index (χ2n) is 7.17. The second kappa shape index (κ2) is 15.2. The minimum absolute atomic E-state index is 0.201. The van der Waals surface area contributed by atoms with Crippen LogP contribution in [0, 0.1) is 0 Å². The number of amides is 1. The molecule has 0 saturated heterocycles. The molecule has 1 N–H and O–H groups in total. The summed E-state index contributed by atoms with van der Waals surface area (Å²) >= 11 is 0. The third kappa shape index (κ3) is 14.9. The fourth-order valence-corrected chi connectivity index (χ4v) is 3.43. The quantitative estimate of drug-likeness (QED) is 0.287. The molecule has 0 spiro atoms. The molecule has 0 aromatic rings. The maximum Gasteiger partial charge on any atom is 0.516 e. The predicted octanol–water partition coefficient (Wildman–Crippen LogP) is 6.21. The van der Waals surface area contributed by atoms with Crippen molar-refractivity contribution in [3.63, 3.8) is 0 Å². The van der Waals surface area contributed by atoms with Gasteiger partial charge < -0.3 is 0 Å². The average molecular weight is 416 g/mol. The molecule has 0 rings (SSSR count). The van der Waals surface area contributed by atoms with Crippen molar-refractivity contribution >= 4 is 15.9 Å². The van der Waals surface area contributed by atoms with E-state index >= 15 is 0 Å². The van der Waals surface area contributed by atoms with Crippen molar-refractivity contribution in [2.24, 2.45) is 0 Å². The number of nitrogens with one attached hydrogen (secondary N) is 1. The molecular formula is C19H36F3NO3S. The van der Waals surface area contributed by atoms with Crippen LogP contribution < -0.4 is 4.72 Å². The fraction of sp³-hybridized carbons (Fsp3) is 0.947. The summed E-state index contributed by atoms with van der Waals surface area (Å²) in [7, 11) is -5.57. The summed E-state index contributed by atoms with van der Waals surface area (Å²) in [4.78, 5) is 11.2. The largest absolute Gasteiger partial charge is 0.516 e. The van der Waals surface area contributed by atoms with Crippen LogP contribution in [0.25, 0.3) is 0 Å². The maximum absolute atomic E-state index is 12.1. The van der Waals surface area contributed by atoms with Gasteiger partial charge >= 0.3 is 15.5 Å². The number of carbonyl (C=O) groups excluding carboxylic acids is 1. The van der Waals surface area contributed by atoms with Crippen LogP contribution >= 0.6 is 0 Å². The van der Waals surface area contributed by atoms with Gasteiger partial charge in [-0.15, -0.1) is 0 Å². The zero-order valence-corrected chi connectivity index (χ0v) is 17.4. The predicted molar refractivity (Wildman–Crippen MR) is 103 cm³/mol. The summed E-state index contributed by atoms with van der Waals surface area (Å²) < 4.78 is 58.9. The SMILES string of the molecule is CCCCCCCCCCCCCCCCCC(=O)NS(=O)(=O)C(F)(F)F. The Hall–Kier alpha value is -0.790. The molecule has 0 radical (unpaired) electrons. The number of unbranched alkanes of at least 4 members (excludes halogenated alkanes) is 14. The summed E-state index contributed by atoms with van der Waals surface area (Å²) in [6, 6.07) is 0. The minimum Gasteiger partial charge on any atom is -0.274 e. The average Bonchev–Trinajstić information content (AvgIpc) is 2.57. The zero-order valence-electron chi connectivity index (χ0n) is 16.6. The van der Waals surface area contributed by atoms with Crippen LogP contribution in [0.2, 0.25) is 0 Å². The highest BCUT2D eigenvalue weighted by Gasteiger charge is 2.46. The first-order valence-electron chi connectivity index (χ1n) is 10.3. The third-order valence-corrected chi connectivity index (χ3v) is 5.67. The highest BCUT2D eigenvalue weighted by molar-refractivity contribution is 7.90. The van der Waals surface area contributed by atoms with Gasteiger partial charge in [-0.3, -0.25) is 4.79 Å². The molecule has 4 nitrogen and oxygen atoms in total. The lowest BCUT2D eigenvalue weighted by molar-refractivity contribution is -0.120. The van der Waals surface area contributed by atoms with E-state index in [0.29, 0.717) is 6.42 Å². The molecule has 0 unspecified atom stereocenters. The van der Waals surface area contributed by atoms with Gasteiger partial charge in [-0.1, -0.05) is 96.8 Å². The molecule has 0 aliphatic rings. The van der Waals surface area contributed by atoms with E-state index in [1.165, 1.54) is 64.2 Å². The van der Waals surface area contributed by atoms with E-state index in [-0.39, 0.29) is 6.42 Å². The molecule has 0 bridgehead atoms. The number of carbonyl (C=O) groups is 1. The molecule has 0 saturated carbocycles. The monoisotopic (exact) mass is 415 g/mol. The van der Waals surface area contributed by atoms with E-state index in [4.69, 9.17) is 0 Å². The van der Waals surface area contributed by atoms with Crippen LogP contribution in [0.4, 0.5) is 13.2 Å². The standard InChI is InChI=1S/C19H36F3NO3S/c1-2-3-4-5-6-7-8-9-10-11-12-13-14-15-16-17-18(24)23-27(25,26)19(20,21)22/h2-17H2,1H3,(H,23,24). The van der Waals surface area contributed by atoms with Crippen molar-refractivity contribution < 1.29 is 26.4 Å². The first kappa shape index (κ1) is 26.2. The van der Waals surface area contributed by atoms with Crippen molar-refractivity contribution in [3.8, 4) is 0 Å². The molecule has 0 aromatic carbocycles. The van der Waals surface area contributed by atoms with Crippen LogP contribution in [0.1, 0.15) is 110 Å². The van der Waals surface area contributed by atoms with E-state index in [9.17, 15) is 26.4 Å². The van der Waals surface area contributed by atoms with E-state index in [1.54, 1.807) is 0 Å². The summed E-state index contributed by atoms with van der Waals surface area (Å²) in [5.74, 6) is -1.10. The number of hydrogen-bond donors (Lipinski definition) is 1. The van der Waals surface area contributed by atoms with Gasteiger partial charge in [-0.2, -0.15) is 21.6 Å². The number of halogens is 3. The van der Waals surface area contributed by atoms with Gasteiger partial charge in [0, 0.05) is 6.42 Å². The Morgan fingerprint density at radius 2 is 1.04 bits per heavy atom. The molecule has 0 aliphatic carbocycles. The Bertz CT molecular complexity index is 479. The summed E-state index contributed by atoms with van der Waals surface area (Å²) in [6.45, 7) is 2.22. The van der Waals surface area contributed by atoms with E-state index < -0.39 is 21.4 Å². The fourth-order valence-electron chi connectivity index (χ4n) is 2.92. The molecule has 162 valence electrons. The minimum atomic E-state index is -5.57. The van der Waals surface area contributed by atoms with Gasteiger partial charge in [-0.25, -0.2) is 4.72 Å². The molecule has 8 heteroatoms. The van der Waals surface area contributed by atoms with Crippen molar-refractivity contribution in [2.75, 3.05) is 0 Å². The maximum atomic E-state index is 12.1. The molecule has 0 aliphatic heterocycles. The van der Waals surface area contributed by atoms with Crippen molar-refractivity contribution in [1.82, 2.24) is 4.72 Å². The lowest BCUT2D eigenvalue weighted by Gasteiger charge is -2.09. The zero-order chi connectivity index (χ0) is 20.6. The Labute approximate surface area is 162 Å². The Morgan fingerprint density at radius 3 is 1.37 bits per heavy atom. The van der Waals surface area contributed by atoms with Gasteiger partial charge in [0.2, 0.25) is 5.91 Å². The first-order valence-corrected chi connectivity index (χ1v) is 11.8. The highest BCUT2D eigenvalue weighted by Crippen LogP contribution is 2.21. The summed E-state index contributed by atoms with van der Waals surface area (Å²) in [5, 5.41) is 0. The van der Waals surface area contributed by atoms with E-state index in [2.05, 4.69) is 6.92 Å². The molecule has 0 aromatic heterocycles. The second-order valence-corrected chi connectivity index (χ2v) is 8.85. The normalized spacial score (nSPS) is 12.3. The van der Waals surface area contributed by atoms with Crippen molar-refractivity contribution in [1.29, 1.82) is 0 Å². The lowest BCUT2D eigenvalue weighted by Crippen LogP contribution is -2.40. The van der Waals surface area contributed by atoms with Gasteiger partial charge in [0.1, 0.15) is 0 Å². The molecule has 27 heavy (non-hydrogen) atoms. The number of sulfonamides is 1. The summed E-state index contributed by atoms with van der Waals surface area (Å²) in [6.07, 6.45) is 17.0. The van der Waals surface area contributed by atoms with Crippen LogP contribution in [0.5, 0.6) is 0 Å². The van der Waals surface area contributed by atoms with Crippen molar-refractivity contribution in [2.45, 2.75) is 115 Å². The number of hydrogen-bond acceptors (Lipinski definition) is 3. The van der Waals surface area contributed by atoms with Gasteiger partial charge in [0.25, 0.3) is 0 Å². The number of alkyl halides is 3. The van der Waals surface area contributed by atoms with Crippen molar-refractivity contribution in [3.05, 3.63) is 0 Å². The molecule has 0 fully saturated rings. The highest BCUT2D eigenvalue weighted by atomic mass is 32.2. The van der Waals surface area contributed by atoms with Crippen LogP contribution in [-0.2, 0) is 14.8 Å². The first-order chi connectivity index (χ1) is 12.7. The molecule has 0 heterocycles. The van der Waals surface area contributed by atoms with Crippen LogP contribution in [0.15, 0.2) is 0 Å². The molecular weight excluding hydrogens is 379 g/mol. The third-order valence-electron chi connectivity index (χ3n) is 4.56. The molecule has 1 amide bonds. The molecule has 0 atom stereocenters. The van der Waals surface area contributed by atoms with Crippen LogP contribution in [-0.4, -0.2) is 19.8 Å². The smallest absolute Gasteiger partial charge is 0.274 e. The summed E-state index contributed by atoms with van der Waals surface area (Å²) in [5.41, 5.74) is -5.45. The lowest BCUT2D eigenvalue weighted by atomic mass is 10.0. The number of rotatable bonds is 17. The van der Waals surface area contributed by atoms with Crippen LogP contribution in [0.3, 0.4) is 0 Å². The van der Waals surface area contributed by atoms with E-state index in [0.717, 1.165) is 30.4 Å². The Balaban J connectivity index is 3.40. The van der Waals surface area contributed by atoms with Gasteiger partial charge in [0.15, 0.2) is 0 Å². The van der Waals surface area contributed by atoms with E-state index in [1.807, 2.05) is 0 Å². The topological polar surface area (TPSA) is 63.2 Å². The van der Waals surface area contributed by atoms with Gasteiger partial charge in [-0.05, 0) is 6.42 Å². The Morgan fingerprint density at radius 1 is 0.704 bits per heavy atom. The van der Waals surface area contributed by atoms with Gasteiger partial charge in [0.05, 0.1) is 0 Å². The Kier molecular flexibility index (Phi) is 14.7.